The maximum atomic E-state index is 14.0. The minimum atomic E-state index is -1.32. The molecule has 9 heteroatoms. The van der Waals surface area contributed by atoms with Gasteiger partial charge in [0, 0.05) is 36.7 Å². The Labute approximate surface area is 176 Å². The molecule has 0 fully saturated rings. The van der Waals surface area contributed by atoms with Crippen LogP contribution in [0.3, 0.4) is 0 Å². The molecular formula is C21H19ClF3N3O2. The van der Waals surface area contributed by atoms with Crippen molar-refractivity contribution in [3.05, 3.63) is 64.2 Å². The number of Topliss-reactive ketones (excluding diaryl/α,β-unsaturated/α-hetero) is 1. The fourth-order valence-electron chi connectivity index (χ4n) is 3.09. The second-order valence-electron chi connectivity index (χ2n) is 7.19. The summed E-state index contributed by atoms with van der Waals surface area (Å²) in [6, 6.07) is 5.94. The van der Waals surface area contributed by atoms with Crippen molar-refractivity contribution in [1.29, 1.82) is 0 Å². The van der Waals surface area contributed by atoms with Crippen LogP contribution in [0.25, 0.3) is 11.4 Å². The van der Waals surface area contributed by atoms with E-state index in [0.717, 1.165) is 0 Å². The third-order valence-electron chi connectivity index (χ3n) is 4.59. The Kier molecular flexibility index (Phi) is 5.90. The average molecular weight is 438 g/mol. The Bertz CT molecular complexity index is 1110. The number of carbonyl (C=O) groups is 1. The molecule has 0 saturated heterocycles. The fraction of sp³-hybridized carbons (Fsp3) is 0.286. The van der Waals surface area contributed by atoms with Gasteiger partial charge >= 0.3 is 0 Å². The number of benzene rings is 2. The largest absolute Gasteiger partial charge is 0.474 e. The maximum Gasteiger partial charge on any atom is 0.192 e. The van der Waals surface area contributed by atoms with Crippen molar-refractivity contribution >= 4 is 17.4 Å². The van der Waals surface area contributed by atoms with Gasteiger partial charge in [0.25, 0.3) is 0 Å². The van der Waals surface area contributed by atoms with Crippen molar-refractivity contribution in [3.63, 3.8) is 0 Å². The SMILES string of the molecule is CCC(=O)c1ccc(-c2nnc(C(C)(C)Oc3c(F)cc(F)cc3F)n2C)c(Cl)c1. The van der Waals surface area contributed by atoms with Crippen LogP contribution in [0.4, 0.5) is 13.2 Å². The molecule has 0 unspecified atom stereocenters. The molecule has 1 heterocycles. The van der Waals surface area contributed by atoms with Crippen LogP contribution in [-0.4, -0.2) is 20.5 Å². The predicted molar refractivity (Wildman–Crippen MR) is 106 cm³/mol. The van der Waals surface area contributed by atoms with Crippen LogP contribution in [0, 0.1) is 17.5 Å². The summed E-state index contributed by atoms with van der Waals surface area (Å²) in [5, 5.41) is 8.53. The standard InChI is InChI=1S/C21H19ClF3N3O2/c1-5-17(29)11-6-7-13(14(22)8-11)19-26-27-20(28(19)4)21(2,3)30-18-15(24)9-12(23)10-16(18)25/h6-10H,5H2,1-4H3. The summed E-state index contributed by atoms with van der Waals surface area (Å²) in [6.07, 6.45) is 0.353. The normalized spacial score (nSPS) is 11.6. The molecule has 158 valence electrons. The first kappa shape index (κ1) is 21.8. The molecule has 0 amide bonds. The Morgan fingerprint density at radius 3 is 2.33 bits per heavy atom. The van der Waals surface area contributed by atoms with Gasteiger partial charge in [0.15, 0.2) is 40.4 Å². The highest BCUT2D eigenvalue weighted by Crippen LogP contribution is 2.34. The number of carbonyl (C=O) groups excluding carboxylic acids is 1. The van der Waals surface area contributed by atoms with Gasteiger partial charge in [-0.3, -0.25) is 4.79 Å². The Morgan fingerprint density at radius 1 is 1.13 bits per heavy atom. The molecule has 1 aromatic heterocycles. The average Bonchev–Trinajstić information content (AvgIpc) is 3.06. The summed E-state index contributed by atoms with van der Waals surface area (Å²) in [5.74, 6) is -3.50. The molecule has 0 bridgehead atoms. The van der Waals surface area contributed by atoms with Gasteiger partial charge in [0.05, 0.1) is 5.02 Å². The summed E-state index contributed by atoms with van der Waals surface area (Å²) in [4.78, 5) is 11.9. The van der Waals surface area contributed by atoms with Crippen molar-refractivity contribution in [1.82, 2.24) is 14.8 Å². The second kappa shape index (κ2) is 8.10. The van der Waals surface area contributed by atoms with E-state index in [4.69, 9.17) is 16.3 Å². The van der Waals surface area contributed by atoms with Crippen molar-refractivity contribution in [2.75, 3.05) is 0 Å². The number of aromatic nitrogens is 3. The van der Waals surface area contributed by atoms with Crippen LogP contribution in [0.15, 0.2) is 30.3 Å². The lowest BCUT2D eigenvalue weighted by Crippen LogP contribution is -2.30. The zero-order valence-corrected chi connectivity index (χ0v) is 17.5. The van der Waals surface area contributed by atoms with E-state index in [1.165, 1.54) is 0 Å². The first-order valence-electron chi connectivity index (χ1n) is 9.11. The highest BCUT2D eigenvalue weighted by molar-refractivity contribution is 6.33. The Hall–Kier alpha value is -2.87. The molecule has 0 atom stereocenters. The predicted octanol–water partition coefficient (Wildman–Crippen LogP) is 5.46. The number of hydrogen-bond acceptors (Lipinski definition) is 4. The number of rotatable bonds is 6. The van der Waals surface area contributed by atoms with Crippen LogP contribution >= 0.6 is 11.6 Å². The first-order chi connectivity index (χ1) is 14.0. The minimum absolute atomic E-state index is 0.0417. The van der Waals surface area contributed by atoms with Crippen molar-refractivity contribution in [2.24, 2.45) is 7.05 Å². The molecule has 0 aliphatic rings. The van der Waals surface area contributed by atoms with Crippen LogP contribution in [0.2, 0.25) is 5.02 Å². The lowest BCUT2D eigenvalue weighted by atomic mass is 10.1. The van der Waals surface area contributed by atoms with Gasteiger partial charge in [-0.2, -0.15) is 0 Å². The summed E-state index contributed by atoms with van der Waals surface area (Å²) in [5.41, 5.74) is -0.301. The summed E-state index contributed by atoms with van der Waals surface area (Å²) < 4.78 is 48.3. The molecule has 0 spiro atoms. The smallest absolute Gasteiger partial charge is 0.192 e. The molecule has 5 nitrogen and oxygen atoms in total. The molecule has 30 heavy (non-hydrogen) atoms. The molecule has 3 rings (SSSR count). The highest BCUT2D eigenvalue weighted by Gasteiger charge is 2.32. The van der Waals surface area contributed by atoms with E-state index in [2.05, 4.69) is 10.2 Å². The van der Waals surface area contributed by atoms with E-state index < -0.39 is 28.8 Å². The van der Waals surface area contributed by atoms with E-state index in [9.17, 15) is 18.0 Å². The topological polar surface area (TPSA) is 57.0 Å². The lowest BCUT2D eigenvalue weighted by Gasteiger charge is -2.26. The van der Waals surface area contributed by atoms with Crippen molar-refractivity contribution in [2.45, 2.75) is 32.8 Å². The van der Waals surface area contributed by atoms with E-state index >= 15 is 0 Å². The number of ether oxygens (including phenoxy) is 1. The zero-order valence-electron chi connectivity index (χ0n) is 16.8. The van der Waals surface area contributed by atoms with Gasteiger partial charge in [-0.05, 0) is 26.0 Å². The number of ketones is 1. The van der Waals surface area contributed by atoms with Gasteiger partial charge in [-0.25, -0.2) is 13.2 Å². The Morgan fingerprint density at radius 2 is 1.77 bits per heavy atom. The number of nitrogens with zero attached hydrogens (tertiary/aromatic N) is 3. The van der Waals surface area contributed by atoms with Crippen LogP contribution < -0.4 is 4.74 Å². The van der Waals surface area contributed by atoms with Gasteiger partial charge in [0.2, 0.25) is 0 Å². The molecule has 0 aliphatic carbocycles. The van der Waals surface area contributed by atoms with Gasteiger partial charge in [-0.15, -0.1) is 10.2 Å². The van der Waals surface area contributed by atoms with Crippen LogP contribution in [0.1, 0.15) is 43.4 Å². The molecule has 0 saturated carbocycles. The Balaban J connectivity index is 1.98. The van der Waals surface area contributed by atoms with E-state index in [0.29, 0.717) is 40.5 Å². The number of hydrogen-bond donors (Lipinski definition) is 0. The summed E-state index contributed by atoms with van der Waals surface area (Å²) in [6.45, 7) is 4.86. The van der Waals surface area contributed by atoms with Crippen molar-refractivity contribution in [3.8, 4) is 17.1 Å². The highest BCUT2D eigenvalue weighted by atomic mass is 35.5. The number of halogens is 4. The van der Waals surface area contributed by atoms with E-state index in [1.807, 2.05) is 0 Å². The third-order valence-corrected chi connectivity index (χ3v) is 4.90. The maximum absolute atomic E-state index is 14.0. The molecule has 0 aliphatic heterocycles. The third kappa shape index (κ3) is 4.05. The van der Waals surface area contributed by atoms with Gasteiger partial charge in [-0.1, -0.05) is 24.6 Å². The molecule has 2 aromatic carbocycles. The second-order valence-corrected chi connectivity index (χ2v) is 7.60. The minimum Gasteiger partial charge on any atom is -0.474 e. The monoisotopic (exact) mass is 437 g/mol. The molecule has 3 aromatic rings. The fourth-order valence-corrected chi connectivity index (χ4v) is 3.35. The van der Waals surface area contributed by atoms with Crippen LogP contribution in [-0.2, 0) is 12.6 Å². The van der Waals surface area contributed by atoms with Crippen molar-refractivity contribution < 1.29 is 22.7 Å². The summed E-state index contributed by atoms with van der Waals surface area (Å²) >= 11 is 6.35. The lowest BCUT2D eigenvalue weighted by molar-refractivity contribution is 0.0833. The van der Waals surface area contributed by atoms with E-state index in [-0.39, 0.29) is 11.6 Å². The first-order valence-corrected chi connectivity index (χ1v) is 9.49. The molecule has 0 radical (unpaired) electrons. The zero-order chi connectivity index (χ0) is 22.2. The van der Waals surface area contributed by atoms with E-state index in [1.54, 1.807) is 50.6 Å². The summed E-state index contributed by atoms with van der Waals surface area (Å²) in [7, 11) is 1.65. The molecule has 0 N–H and O–H groups in total. The van der Waals surface area contributed by atoms with Gasteiger partial charge in [0.1, 0.15) is 5.82 Å². The van der Waals surface area contributed by atoms with Gasteiger partial charge < -0.3 is 9.30 Å². The quantitative estimate of drug-likeness (QED) is 0.480. The van der Waals surface area contributed by atoms with Crippen LogP contribution in [0.5, 0.6) is 5.75 Å². The molecular weight excluding hydrogens is 419 g/mol.